The molecular weight excluding hydrogens is 221 g/mol. The monoisotopic (exact) mass is 237 g/mol. The van der Waals surface area contributed by atoms with Crippen molar-refractivity contribution in [2.75, 3.05) is 13.1 Å². The Morgan fingerprint density at radius 3 is 2.82 bits per heavy atom. The Kier molecular flexibility index (Phi) is 3.43. The van der Waals surface area contributed by atoms with Crippen LogP contribution >= 0.6 is 0 Å². The number of aliphatic hydroxyl groups is 1. The van der Waals surface area contributed by atoms with Gasteiger partial charge in [-0.25, -0.2) is 4.39 Å². The van der Waals surface area contributed by atoms with Gasteiger partial charge >= 0.3 is 0 Å². The third kappa shape index (κ3) is 2.47. The quantitative estimate of drug-likeness (QED) is 0.807. The van der Waals surface area contributed by atoms with Crippen LogP contribution in [0.1, 0.15) is 23.7 Å². The summed E-state index contributed by atoms with van der Waals surface area (Å²) in [5, 5.41) is 9.73. The number of aliphatic hydroxyl groups excluding tert-OH is 1. The molecule has 1 aromatic rings. The largest absolute Gasteiger partial charge is 0.391 e. The van der Waals surface area contributed by atoms with Gasteiger partial charge in [-0.15, -0.1) is 0 Å². The van der Waals surface area contributed by atoms with E-state index in [2.05, 4.69) is 0 Å². The fraction of sp³-hybridized carbons (Fsp3) is 0.462. The van der Waals surface area contributed by atoms with E-state index in [1.807, 2.05) is 6.92 Å². The molecule has 4 heteroatoms. The smallest absolute Gasteiger partial charge is 0.256 e. The highest BCUT2D eigenvalue weighted by Crippen LogP contribution is 2.19. The van der Waals surface area contributed by atoms with Crippen LogP contribution in [0.3, 0.4) is 0 Å². The minimum absolute atomic E-state index is 0.0780. The van der Waals surface area contributed by atoms with Gasteiger partial charge in [0.25, 0.3) is 5.91 Å². The lowest BCUT2D eigenvalue weighted by atomic mass is 9.95. The summed E-state index contributed by atoms with van der Waals surface area (Å²) in [4.78, 5) is 13.6. The minimum atomic E-state index is -0.514. The fourth-order valence-corrected chi connectivity index (χ4v) is 2.04. The van der Waals surface area contributed by atoms with Crippen LogP contribution in [0.25, 0.3) is 0 Å². The van der Waals surface area contributed by atoms with Crippen molar-refractivity contribution >= 4 is 5.91 Å². The second-order valence-electron chi connectivity index (χ2n) is 4.56. The average Bonchev–Trinajstić information content (AvgIpc) is 2.32. The number of hydrogen-bond acceptors (Lipinski definition) is 2. The molecule has 1 aliphatic heterocycles. The minimum Gasteiger partial charge on any atom is -0.391 e. The van der Waals surface area contributed by atoms with E-state index in [0.29, 0.717) is 6.54 Å². The van der Waals surface area contributed by atoms with Crippen LogP contribution in [0.5, 0.6) is 0 Å². The number of benzene rings is 1. The van der Waals surface area contributed by atoms with Gasteiger partial charge in [0.15, 0.2) is 0 Å². The van der Waals surface area contributed by atoms with E-state index in [1.54, 1.807) is 12.1 Å². The molecular formula is C13H16FNO2. The zero-order chi connectivity index (χ0) is 12.4. The molecule has 1 heterocycles. The molecule has 1 aliphatic rings. The first-order chi connectivity index (χ1) is 8.09. The van der Waals surface area contributed by atoms with Crippen molar-refractivity contribution in [3.63, 3.8) is 0 Å². The van der Waals surface area contributed by atoms with Gasteiger partial charge in [0.2, 0.25) is 0 Å². The van der Waals surface area contributed by atoms with Gasteiger partial charge < -0.3 is 10.0 Å². The SMILES string of the molecule is CC1CCN(C(=O)c2ccccc2F)CC1O. The van der Waals surface area contributed by atoms with Gasteiger partial charge in [0.05, 0.1) is 11.7 Å². The number of piperidine rings is 1. The number of halogens is 1. The molecule has 2 unspecified atom stereocenters. The molecule has 1 fully saturated rings. The van der Waals surface area contributed by atoms with Gasteiger partial charge in [0.1, 0.15) is 5.82 Å². The average molecular weight is 237 g/mol. The van der Waals surface area contributed by atoms with E-state index < -0.39 is 11.9 Å². The van der Waals surface area contributed by atoms with E-state index in [4.69, 9.17) is 0 Å². The second-order valence-corrected chi connectivity index (χ2v) is 4.56. The lowest BCUT2D eigenvalue weighted by Crippen LogP contribution is -2.46. The molecule has 0 bridgehead atoms. The molecule has 92 valence electrons. The van der Waals surface area contributed by atoms with Crippen LogP contribution in [0, 0.1) is 11.7 Å². The number of amides is 1. The van der Waals surface area contributed by atoms with Crippen molar-refractivity contribution in [3.8, 4) is 0 Å². The van der Waals surface area contributed by atoms with E-state index in [1.165, 1.54) is 17.0 Å². The molecule has 2 atom stereocenters. The molecule has 0 aliphatic carbocycles. The maximum atomic E-state index is 13.5. The van der Waals surface area contributed by atoms with E-state index in [9.17, 15) is 14.3 Å². The number of β-amino-alcohol motifs (C(OH)–C–C–N with tert-alkyl or cyclic N) is 1. The van der Waals surface area contributed by atoms with Crippen molar-refractivity contribution in [3.05, 3.63) is 35.6 Å². The number of nitrogens with zero attached hydrogens (tertiary/aromatic N) is 1. The first-order valence-corrected chi connectivity index (χ1v) is 5.81. The lowest BCUT2D eigenvalue weighted by molar-refractivity contribution is 0.0246. The van der Waals surface area contributed by atoms with Gasteiger partial charge in [-0.05, 0) is 24.5 Å². The molecule has 0 aromatic heterocycles. The Morgan fingerprint density at radius 1 is 1.47 bits per heavy atom. The summed E-state index contributed by atoms with van der Waals surface area (Å²) < 4.78 is 13.5. The van der Waals surface area contributed by atoms with E-state index in [-0.39, 0.29) is 23.9 Å². The maximum Gasteiger partial charge on any atom is 0.256 e. The standard InChI is InChI=1S/C13H16FNO2/c1-9-6-7-15(8-12(9)16)13(17)10-4-2-3-5-11(10)14/h2-5,9,12,16H,6-8H2,1H3. The summed E-state index contributed by atoms with van der Waals surface area (Å²) in [6, 6.07) is 5.94. The second kappa shape index (κ2) is 4.84. The Labute approximate surface area is 99.9 Å². The van der Waals surface area contributed by atoms with Crippen LogP contribution in [0.2, 0.25) is 0 Å². The van der Waals surface area contributed by atoms with Crippen LogP contribution in [0.15, 0.2) is 24.3 Å². The molecule has 1 amide bonds. The molecule has 0 spiro atoms. The topological polar surface area (TPSA) is 40.5 Å². The molecule has 1 N–H and O–H groups in total. The molecule has 17 heavy (non-hydrogen) atoms. The first-order valence-electron chi connectivity index (χ1n) is 5.81. The predicted molar refractivity (Wildman–Crippen MR) is 62.1 cm³/mol. The Balaban J connectivity index is 2.14. The summed E-state index contributed by atoms with van der Waals surface area (Å²) in [5.74, 6) is -0.653. The molecule has 1 aromatic carbocycles. The van der Waals surface area contributed by atoms with Gasteiger partial charge in [-0.2, -0.15) is 0 Å². The van der Waals surface area contributed by atoms with Crippen molar-refractivity contribution in [2.24, 2.45) is 5.92 Å². The molecule has 0 radical (unpaired) electrons. The van der Waals surface area contributed by atoms with Crippen molar-refractivity contribution in [2.45, 2.75) is 19.4 Å². The lowest BCUT2D eigenvalue weighted by Gasteiger charge is -2.34. The normalized spacial score (nSPS) is 24.8. The Morgan fingerprint density at radius 2 is 2.18 bits per heavy atom. The summed E-state index contributed by atoms with van der Waals surface area (Å²) >= 11 is 0. The van der Waals surface area contributed by atoms with E-state index in [0.717, 1.165) is 6.42 Å². The Bertz CT molecular complexity index is 422. The maximum absolute atomic E-state index is 13.5. The van der Waals surface area contributed by atoms with Crippen molar-refractivity contribution in [1.82, 2.24) is 4.90 Å². The zero-order valence-corrected chi connectivity index (χ0v) is 9.77. The van der Waals surface area contributed by atoms with Crippen molar-refractivity contribution in [1.29, 1.82) is 0 Å². The van der Waals surface area contributed by atoms with E-state index >= 15 is 0 Å². The highest BCUT2D eigenvalue weighted by atomic mass is 19.1. The summed E-state index contributed by atoms with van der Waals surface area (Å²) in [6.45, 7) is 2.81. The molecule has 2 rings (SSSR count). The number of carbonyl (C=O) groups is 1. The molecule has 0 saturated carbocycles. The summed E-state index contributed by atoms with van der Waals surface area (Å²) in [6.07, 6.45) is 0.237. The van der Waals surface area contributed by atoms with Crippen molar-refractivity contribution < 1.29 is 14.3 Å². The Hall–Kier alpha value is -1.42. The molecule has 1 saturated heterocycles. The number of hydrogen-bond donors (Lipinski definition) is 1. The highest BCUT2D eigenvalue weighted by molar-refractivity contribution is 5.94. The predicted octanol–water partition coefficient (Wildman–Crippen LogP) is 1.67. The first kappa shape index (κ1) is 12.0. The zero-order valence-electron chi connectivity index (χ0n) is 9.77. The van der Waals surface area contributed by atoms with Crippen LogP contribution in [0.4, 0.5) is 4.39 Å². The molecule has 3 nitrogen and oxygen atoms in total. The van der Waals surface area contributed by atoms with Crippen LogP contribution in [-0.2, 0) is 0 Å². The number of carbonyl (C=O) groups excluding carboxylic acids is 1. The van der Waals surface area contributed by atoms with Gasteiger partial charge in [-0.1, -0.05) is 19.1 Å². The van der Waals surface area contributed by atoms with Crippen LogP contribution in [-0.4, -0.2) is 35.1 Å². The number of likely N-dealkylation sites (tertiary alicyclic amines) is 1. The summed E-state index contributed by atoms with van der Waals surface area (Å²) in [5.41, 5.74) is 0.0780. The third-order valence-corrected chi connectivity index (χ3v) is 3.31. The number of rotatable bonds is 1. The van der Waals surface area contributed by atoms with Gasteiger partial charge in [0, 0.05) is 13.1 Å². The summed E-state index contributed by atoms with van der Waals surface area (Å²) in [7, 11) is 0. The fourth-order valence-electron chi connectivity index (χ4n) is 2.04. The van der Waals surface area contributed by atoms with Gasteiger partial charge in [-0.3, -0.25) is 4.79 Å². The highest BCUT2D eigenvalue weighted by Gasteiger charge is 2.28. The van der Waals surface area contributed by atoms with Crippen LogP contribution < -0.4 is 0 Å². The third-order valence-electron chi connectivity index (χ3n) is 3.31.